The highest BCUT2D eigenvalue weighted by atomic mass is 28.3. The van der Waals surface area contributed by atoms with Gasteiger partial charge in [-0.05, 0) is 0 Å². The molecule has 0 atom stereocenters. The molecule has 0 spiro atoms. The van der Waals surface area contributed by atoms with Gasteiger partial charge in [0.1, 0.15) is 0 Å². The molecule has 0 aromatic carbocycles. The van der Waals surface area contributed by atoms with Crippen molar-refractivity contribution < 1.29 is 9.47 Å². The van der Waals surface area contributed by atoms with Crippen LogP contribution in [0.4, 0.5) is 0 Å². The molecule has 0 amide bonds. The van der Waals surface area contributed by atoms with E-state index < -0.39 is 16.1 Å². The monoisotopic (exact) mass is 234 g/mol. The fourth-order valence-corrected chi connectivity index (χ4v) is 2.39. The summed E-state index contributed by atoms with van der Waals surface area (Å²) < 4.78 is 11.1. The first kappa shape index (κ1) is 14.4. The highest BCUT2D eigenvalue weighted by Crippen LogP contribution is 2.02. The van der Waals surface area contributed by atoms with Crippen LogP contribution in [0.2, 0.25) is 39.3 Å². The topological polar surface area (TPSA) is 18.5 Å². The minimum atomic E-state index is -1.02. The molecule has 0 N–H and O–H groups in total. The van der Waals surface area contributed by atoms with Gasteiger partial charge in [-0.1, -0.05) is 39.3 Å². The number of rotatable bonds is 7. The van der Waals surface area contributed by atoms with Gasteiger partial charge in [0.25, 0.3) is 0 Å². The predicted octanol–water partition coefficient (Wildman–Crippen LogP) is 2.77. The Hall–Kier alpha value is 0.354. The molecular weight excluding hydrogens is 208 g/mol. The number of hydrogen-bond donors (Lipinski definition) is 0. The Bertz CT molecular complexity index is 129. The first-order valence-electron chi connectivity index (χ1n) is 5.36. The minimum absolute atomic E-state index is 0.759. The van der Waals surface area contributed by atoms with Gasteiger partial charge in [0.2, 0.25) is 0 Å². The summed E-state index contributed by atoms with van der Waals surface area (Å²) in [6, 6.07) is 0. The molecule has 4 heteroatoms. The average Bonchev–Trinajstić information content (AvgIpc) is 1.92. The van der Waals surface area contributed by atoms with Crippen LogP contribution in [0.1, 0.15) is 0 Å². The molecule has 0 radical (unpaired) electrons. The Balaban J connectivity index is 3.23. The van der Waals surface area contributed by atoms with Crippen LogP contribution in [0.15, 0.2) is 0 Å². The molecule has 86 valence electrons. The molecule has 0 aromatic rings. The van der Waals surface area contributed by atoms with Crippen LogP contribution in [0, 0.1) is 0 Å². The molecule has 0 saturated heterocycles. The molecule has 0 aromatic heterocycles. The highest BCUT2D eigenvalue weighted by Gasteiger charge is 2.14. The maximum Gasteiger partial charge on any atom is 0.0746 e. The Morgan fingerprint density at radius 2 is 0.929 bits per heavy atom. The van der Waals surface area contributed by atoms with Crippen molar-refractivity contribution in [3.05, 3.63) is 0 Å². The third kappa shape index (κ3) is 12.4. The Morgan fingerprint density at radius 1 is 0.643 bits per heavy atom. The summed E-state index contributed by atoms with van der Waals surface area (Å²) in [5.74, 6) is 0. The summed E-state index contributed by atoms with van der Waals surface area (Å²) in [6.45, 7) is 15.4. The van der Waals surface area contributed by atoms with Crippen LogP contribution in [-0.2, 0) is 9.47 Å². The molecule has 0 aliphatic carbocycles. The Kier molecular flexibility index (Phi) is 6.20. The predicted molar refractivity (Wildman–Crippen MR) is 68.3 cm³/mol. The van der Waals surface area contributed by atoms with Crippen LogP contribution in [0.25, 0.3) is 0 Å². The van der Waals surface area contributed by atoms with E-state index in [2.05, 4.69) is 39.3 Å². The zero-order valence-electron chi connectivity index (χ0n) is 10.6. The number of ether oxygens (including phenoxy) is 2. The molecule has 0 unspecified atom stereocenters. The molecule has 0 bridgehead atoms. The van der Waals surface area contributed by atoms with E-state index in [4.69, 9.17) is 9.47 Å². The van der Waals surface area contributed by atoms with Crippen LogP contribution in [0.5, 0.6) is 0 Å². The second kappa shape index (κ2) is 6.05. The SMILES string of the molecule is C[Si](C)(C)COCCOC[Si](C)(C)C. The van der Waals surface area contributed by atoms with Gasteiger partial charge in [-0.25, -0.2) is 0 Å². The van der Waals surface area contributed by atoms with E-state index in [1.807, 2.05) is 0 Å². The molecule has 0 saturated carbocycles. The third-order valence-corrected chi connectivity index (χ3v) is 3.58. The lowest BCUT2D eigenvalue weighted by Gasteiger charge is -2.18. The van der Waals surface area contributed by atoms with Gasteiger partial charge in [-0.3, -0.25) is 0 Å². The van der Waals surface area contributed by atoms with Gasteiger partial charge in [-0.2, -0.15) is 0 Å². The minimum Gasteiger partial charge on any atom is -0.382 e. The van der Waals surface area contributed by atoms with E-state index in [9.17, 15) is 0 Å². The first-order valence-corrected chi connectivity index (χ1v) is 12.8. The summed E-state index contributed by atoms with van der Waals surface area (Å²) in [7, 11) is -2.05. The van der Waals surface area contributed by atoms with Crippen molar-refractivity contribution >= 4 is 16.1 Å². The van der Waals surface area contributed by atoms with Crippen molar-refractivity contribution in [3.63, 3.8) is 0 Å². The Labute approximate surface area is 91.0 Å². The number of hydrogen-bond acceptors (Lipinski definition) is 2. The zero-order chi connectivity index (χ0) is 11.2. The normalized spacial score (nSPS) is 13.3. The van der Waals surface area contributed by atoms with Crippen molar-refractivity contribution in [1.29, 1.82) is 0 Å². The molecule has 14 heavy (non-hydrogen) atoms. The summed E-state index contributed by atoms with van der Waals surface area (Å²) in [5, 5.41) is 0. The fraction of sp³-hybridized carbons (Fsp3) is 1.00. The average molecular weight is 234 g/mol. The van der Waals surface area contributed by atoms with E-state index in [1.165, 1.54) is 0 Å². The smallest absolute Gasteiger partial charge is 0.0746 e. The molecule has 0 aliphatic heterocycles. The second-order valence-corrected chi connectivity index (χ2v) is 17.0. The molecular formula is C10H26O2Si2. The standard InChI is InChI=1S/C10H26O2Si2/c1-13(2,3)9-11-7-8-12-10-14(4,5)6/h7-10H2,1-6H3. The first-order chi connectivity index (χ1) is 6.21. The van der Waals surface area contributed by atoms with Crippen molar-refractivity contribution in [2.45, 2.75) is 39.3 Å². The van der Waals surface area contributed by atoms with Crippen molar-refractivity contribution in [2.75, 3.05) is 25.7 Å². The Morgan fingerprint density at radius 3 is 1.14 bits per heavy atom. The lowest BCUT2D eigenvalue weighted by atomic mass is 10.8. The van der Waals surface area contributed by atoms with Crippen molar-refractivity contribution in [2.24, 2.45) is 0 Å². The van der Waals surface area contributed by atoms with E-state index in [1.54, 1.807) is 0 Å². The molecule has 0 heterocycles. The third-order valence-electron chi connectivity index (χ3n) is 1.44. The van der Waals surface area contributed by atoms with Crippen LogP contribution in [-0.4, -0.2) is 41.8 Å². The molecule has 0 fully saturated rings. The van der Waals surface area contributed by atoms with Gasteiger partial charge < -0.3 is 9.47 Å². The van der Waals surface area contributed by atoms with E-state index >= 15 is 0 Å². The van der Waals surface area contributed by atoms with Gasteiger partial charge in [0, 0.05) is 12.5 Å². The molecule has 0 aliphatic rings. The summed E-state index contributed by atoms with van der Waals surface area (Å²) in [4.78, 5) is 0. The zero-order valence-corrected chi connectivity index (χ0v) is 12.6. The van der Waals surface area contributed by atoms with E-state index in [0.29, 0.717) is 0 Å². The van der Waals surface area contributed by atoms with Gasteiger partial charge in [0.15, 0.2) is 0 Å². The molecule has 2 nitrogen and oxygen atoms in total. The quantitative estimate of drug-likeness (QED) is 0.498. The van der Waals surface area contributed by atoms with Gasteiger partial charge in [-0.15, -0.1) is 0 Å². The van der Waals surface area contributed by atoms with E-state index in [0.717, 1.165) is 25.7 Å². The summed E-state index contributed by atoms with van der Waals surface area (Å²) in [5.41, 5.74) is 0. The van der Waals surface area contributed by atoms with Crippen LogP contribution >= 0.6 is 0 Å². The van der Waals surface area contributed by atoms with Crippen molar-refractivity contribution in [3.8, 4) is 0 Å². The lowest BCUT2D eigenvalue weighted by Crippen LogP contribution is -2.31. The molecule has 0 rings (SSSR count). The summed E-state index contributed by atoms with van der Waals surface area (Å²) in [6.07, 6.45) is 1.90. The van der Waals surface area contributed by atoms with Crippen LogP contribution < -0.4 is 0 Å². The second-order valence-electron chi connectivity index (χ2n) is 6.23. The maximum atomic E-state index is 5.56. The van der Waals surface area contributed by atoms with Crippen LogP contribution in [0.3, 0.4) is 0 Å². The largest absolute Gasteiger partial charge is 0.382 e. The van der Waals surface area contributed by atoms with E-state index in [-0.39, 0.29) is 0 Å². The maximum absolute atomic E-state index is 5.56. The van der Waals surface area contributed by atoms with Gasteiger partial charge in [0.05, 0.1) is 29.4 Å². The summed E-state index contributed by atoms with van der Waals surface area (Å²) >= 11 is 0. The van der Waals surface area contributed by atoms with Crippen molar-refractivity contribution in [1.82, 2.24) is 0 Å². The fourth-order valence-electron chi connectivity index (χ4n) is 0.875. The lowest BCUT2D eigenvalue weighted by molar-refractivity contribution is 0.0802. The highest BCUT2D eigenvalue weighted by molar-refractivity contribution is 6.76. The van der Waals surface area contributed by atoms with Gasteiger partial charge >= 0.3 is 0 Å².